The third-order valence-electron chi connectivity index (χ3n) is 5.41. The molecule has 0 aromatic rings. The van der Waals surface area contributed by atoms with Crippen LogP contribution in [0, 0.1) is 11.8 Å². The van der Waals surface area contributed by atoms with Gasteiger partial charge >= 0.3 is 0 Å². The number of epoxide rings is 1. The molecule has 3 atom stereocenters. The molecule has 0 aromatic carbocycles. The average Bonchev–Trinajstić information content (AvgIpc) is 3.58. The Balaban J connectivity index is -0.000000398. The molecule has 2 aliphatic rings. The summed E-state index contributed by atoms with van der Waals surface area (Å²) < 4.78 is 10.4. The van der Waals surface area contributed by atoms with E-state index in [0.717, 1.165) is 45.5 Å². The highest BCUT2D eigenvalue weighted by Crippen LogP contribution is 2.25. The predicted molar refractivity (Wildman–Crippen MR) is 154 cm³/mol. The minimum atomic E-state index is 0.169. The second-order valence-corrected chi connectivity index (χ2v) is 9.82. The third-order valence-corrected chi connectivity index (χ3v) is 5.41. The molecule has 0 aliphatic carbocycles. The fourth-order valence-electron chi connectivity index (χ4n) is 3.03. The summed E-state index contributed by atoms with van der Waals surface area (Å²) in [5.41, 5.74) is 0. The summed E-state index contributed by atoms with van der Waals surface area (Å²) in [7, 11) is 4.52. The SMILES string of the molecule is C/C=C\C=C\C(C)C.CC1CCCOC1.CCCCC1OC1C.CN(C)C(=O)CCCCCO.CO. The molecule has 3 unspecified atom stereocenters. The molecule has 2 heterocycles. The van der Waals surface area contributed by atoms with Crippen molar-refractivity contribution >= 4 is 5.91 Å². The van der Waals surface area contributed by atoms with E-state index in [1.165, 1.54) is 32.1 Å². The first-order chi connectivity index (χ1) is 17.2. The van der Waals surface area contributed by atoms with Crippen molar-refractivity contribution in [3.63, 3.8) is 0 Å². The molecule has 2 N–H and O–H groups in total. The van der Waals surface area contributed by atoms with Gasteiger partial charge in [-0.2, -0.15) is 0 Å². The van der Waals surface area contributed by atoms with Gasteiger partial charge in [-0.15, -0.1) is 0 Å². The van der Waals surface area contributed by atoms with Crippen LogP contribution in [-0.2, 0) is 14.3 Å². The summed E-state index contributed by atoms with van der Waals surface area (Å²) in [4.78, 5) is 12.6. The number of hydrogen-bond acceptors (Lipinski definition) is 5. The highest BCUT2D eigenvalue weighted by atomic mass is 16.6. The van der Waals surface area contributed by atoms with Gasteiger partial charge in [0.05, 0.1) is 12.2 Å². The second-order valence-electron chi connectivity index (χ2n) is 9.82. The molecule has 0 saturated carbocycles. The van der Waals surface area contributed by atoms with Crippen LogP contribution in [0.5, 0.6) is 0 Å². The maximum Gasteiger partial charge on any atom is 0.222 e. The number of unbranched alkanes of at least 4 members (excludes halogenated alkanes) is 3. The Morgan fingerprint density at radius 2 is 1.72 bits per heavy atom. The first-order valence-electron chi connectivity index (χ1n) is 14.0. The van der Waals surface area contributed by atoms with Crippen molar-refractivity contribution in [2.75, 3.05) is 41.0 Å². The molecule has 2 rings (SSSR count). The zero-order valence-corrected chi connectivity index (χ0v) is 25.2. The minimum Gasteiger partial charge on any atom is -0.400 e. The third kappa shape index (κ3) is 32.8. The van der Waals surface area contributed by atoms with Crippen molar-refractivity contribution in [3.05, 3.63) is 24.3 Å². The summed E-state index contributed by atoms with van der Waals surface area (Å²) in [5, 5.41) is 15.4. The molecule has 0 spiro atoms. The van der Waals surface area contributed by atoms with E-state index in [1.807, 2.05) is 19.1 Å². The van der Waals surface area contributed by atoms with Gasteiger partial charge in [0.2, 0.25) is 5.91 Å². The first-order valence-corrected chi connectivity index (χ1v) is 14.0. The number of carbonyl (C=O) groups is 1. The first kappa shape index (κ1) is 39.3. The molecule has 0 aromatic heterocycles. The van der Waals surface area contributed by atoms with Gasteiger partial charge in [0.1, 0.15) is 0 Å². The highest BCUT2D eigenvalue weighted by Gasteiger charge is 2.32. The molecule has 2 aliphatic heterocycles. The second kappa shape index (κ2) is 30.0. The highest BCUT2D eigenvalue weighted by molar-refractivity contribution is 5.75. The van der Waals surface area contributed by atoms with Crippen LogP contribution in [0.25, 0.3) is 0 Å². The van der Waals surface area contributed by atoms with Crippen LogP contribution in [0.1, 0.15) is 99.3 Å². The summed E-state index contributed by atoms with van der Waals surface area (Å²) in [6.45, 7) is 15.2. The van der Waals surface area contributed by atoms with E-state index < -0.39 is 0 Å². The summed E-state index contributed by atoms with van der Waals surface area (Å²) in [6.07, 6.45) is 19.3. The van der Waals surface area contributed by atoms with Crippen LogP contribution in [0.4, 0.5) is 0 Å². The fourth-order valence-corrected chi connectivity index (χ4v) is 3.03. The molecule has 36 heavy (non-hydrogen) atoms. The van der Waals surface area contributed by atoms with Crippen LogP contribution >= 0.6 is 0 Å². The van der Waals surface area contributed by atoms with Crippen molar-refractivity contribution in [2.24, 2.45) is 11.8 Å². The van der Waals surface area contributed by atoms with E-state index in [2.05, 4.69) is 46.8 Å². The summed E-state index contributed by atoms with van der Waals surface area (Å²) in [6, 6.07) is 0. The lowest BCUT2D eigenvalue weighted by Gasteiger charge is -2.16. The Morgan fingerprint density at radius 3 is 2.08 bits per heavy atom. The van der Waals surface area contributed by atoms with E-state index >= 15 is 0 Å². The molecular weight excluding hydrogens is 454 g/mol. The lowest BCUT2D eigenvalue weighted by molar-refractivity contribution is -0.128. The fraction of sp³-hybridized carbons (Fsp3) is 0.833. The van der Waals surface area contributed by atoms with Crippen molar-refractivity contribution in [1.29, 1.82) is 0 Å². The lowest BCUT2D eigenvalue weighted by Crippen LogP contribution is -2.21. The van der Waals surface area contributed by atoms with Crippen molar-refractivity contribution in [3.8, 4) is 0 Å². The normalized spacial score (nSPS) is 20.2. The zero-order valence-electron chi connectivity index (χ0n) is 25.2. The van der Waals surface area contributed by atoms with Gasteiger partial charge in [-0.05, 0) is 57.8 Å². The molecule has 0 bridgehead atoms. The molecular formula is C30H61NO5. The minimum absolute atomic E-state index is 0.169. The molecule has 1 amide bonds. The van der Waals surface area contributed by atoms with E-state index in [4.69, 9.17) is 19.7 Å². The van der Waals surface area contributed by atoms with Crippen LogP contribution in [-0.4, -0.2) is 74.3 Å². The van der Waals surface area contributed by atoms with E-state index in [-0.39, 0.29) is 12.5 Å². The Morgan fingerprint density at radius 1 is 1.08 bits per heavy atom. The zero-order chi connectivity index (χ0) is 28.2. The quantitative estimate of drug-likeness (QED) is 0.200. The van der Waals surface area contributed by atoms with E-state index in [9.17, 15) is 4.79 Å². The van der Waals surface area contributed by atoms with Crippen molar-refractivity contribution < 1.29 is 24.5 Å². The average molecular weight is 516 g/mol. The number of carbonyl (C=O) groups excluding carboxylic acids is 1. The number of nitrogens with zero attached hydrogens (tertiary/aromatic N) is 1. The van der Waals surface area contributed by atoms with E-state index in [1.54, 1.807) is 19.0 Å². The summed E-state index contributed by atoms with van der Waals surface area (Å²) in [5.74, 6) is 1.66. The van der Waals surface area contributed by atoms with Crippen LogP contribution in [0.2, 0.25) is 0 Å². The van der Waals surface area contributed by atoms with Gasteiger partial charge < -0.3 is 24.6 Å². The van der Waals surface area contributed by atoms with Gasteiger partial charge in [0.15, 0.2) is 0 Å². The van der Waals surface area contributed by atoms with Gasteiger partial charge in [-0.25, -0.2) is 0 Å². The molecule has 216 valence electrons. The Hall–Kier alpha value is -1.21. The number of allylic oxidation sites excluding steroid dienone is 4. The number of amides is 1. The molecule has 2 fully saturated rings. The van der Waals surface area contributed by atoms with Crippen molar-refractivity contribution in [2.45, 2.75) is 112 Å². The van der Waals surface area contributed by atoms with Gasteiger partial charge in [0, 0.05) is 47.4 Å². The number of ether oxygens (including phenoxy) is 2. The van der Waals surface area contributed by atoms with Crippen LogP contribution in [0.3, 0.4) is 0 Å². The standard InChI is InChI=1S/C8H17NO2.C8H14.C7H14O.C6H12O.CH4O/c1-9(2)8(11)6-4-3-5-7-10;1-4-5-6-7-8(2)3;1-3-4-5-7-6(2)8-7;1-6-3-2-4-7-5-6;1-2/h10H,3-7H2,1-2H3;4-8H,1-3H3;6-7H,3-5H2,1-2H3;6H,2-5H2,1H3;2H,1H3/b;5-4-,7-6+;;;. The Bertz CT molecular complexity index is 500. The van der Waals surface area contributed by atoms with Crippen molar-refractivity contribution in [1.82, 2.24) is 4.90 Å². The van der Waals surface area contributed by atoms with E-state index in [0.29, 0.717) is 24.5 Å². The number of aliphatic hydroxyl groups excluding tert-OH is 2. The smallest absolute Gasteiger partial charge is 0.222 e. The van der Waals surface area contributed by atoms with Gasteiger partial charge in [-0.3, -0.25) is 4.79 Å². The van der Waals surface area contributed by atoms with Gasteiger partial charge in [-0.1, -0.05) is 71.3 Å². The number of aliphatic hydroxyl groups is 2. The summed E-state index contributed by atoms with van der Waals surface area (Å²) >= 11 is 0. The number of hydrogen-bond donors (Lipinski definition) is 2. The molecule has 6 nitrogen and oxygen atoms in total. The predicted octanol–water partition coefficient (Wildman–Crippen LogP) is 6.41. The molecule has 6 heteroatoms. The number of rotatable bonds is 10. The lowest BCUT2D eigenvalue weighted by atomic mass is 10.1. The Labute approximate surface area is 224 Å². The van der Waals surface area contributed by atoms with Crippen LogP contribution < -0.4 is 0 Å². The largest absolute Gasteiger partial charge is 0.400 e. The van der Waals surface area contributed by atoms with Gasteiger partial charge in [0.25, 0.3) is 0 Å². The molecule has 2 saturated heterocycles. The maximum atomic E-state index is 11.0. The monoisotopic (exact) mass is 515 g/mol. The molecule has 0 radical (unpaired) electrons. The van der Waals surface area contributed by atoms with Crippen LogP contribution in [0.15, 0.2) is 24.3 Å². The Kier molecular flexibility index (Phi) is 32.8. The maximum absolute atomic E-state index is 11.0. The topological polar surface area (TPSA) is 82.5 Å².